The van der Waals surface area contributed by atoms with Crippen molar-refractivity contribution < 1.29 is 13.6 Å². The minimum atomic E-state index is -2.55. The Morgan fingerprint density at radius 2 is 2.28 bits per heavy atom. The van der Waals surface area contributed by atoms with Crippen molar-refractivity contribution in [1.29, 1.82) is 0 Å². The average Bonchev–Trinajstić information content (AvgIpc) is 2.28. The zero-order chi connectivity index (χ0) is 13.2. The second-order valence-electron chi connectivity index (χ2n) is 5.56. The van der Waals surface area contributed by atoms with Crippen LogP contribution >= 0.6 is 11.8 Å². The normalized spacial score (nSPS) is 33.3. The highest BCUT2D eigenvalue weighted by molar-refractivity contribution is 7.99. The second-order valence-corrected chi connectivity index (χ2v) is 6.71. The summed E-state index contributed by atoms with van der Waals surface area (Å²) in [5, 5.41) is 0. The Morgan fingerprint density at radius 3 is 2.94 bits per heavy atom. The standard InChI is InChI=1S/C13H21F2NOS/c1-16-5-6-18-9-11(16)12(17)7-10-3-2-4-13(14,15)8-10/h10-11H,2-9H2,1H3. The van der Waals surface area contributed by atoms with Gasteiger partial charge in [-0.25, -0.2) is 8.78 Å². The van der Waals surface area contributed by atoms with Crippen molar-refractivity contribution in [3.05, 3.63) is 0 Å². The first-order chi connectivity index (χ1) is 8.48. The summed E-state index contributed by atoms with van der Waals surface area (Å²) in [6, 6.07) is -0.0562. The fourth-order valence-corrected chi connectivity index (χ4v) is 4.14. The fraction of sp³-hybridized carbons (Fsp3) is 0.923. The molecule has 18 heavy (non-hydrogen) atoms. The van der Waals surface area contributed by atoms with Crippen LogP contribution in [0.3, 0.4) is 0 Å². The number of halogens is 2. The topological polar surface area (TPSA) is 20.3 Å². The zero-order valence-corrected chi connectivity index (χ0v) is 11.6. The molecule has 1 aliphatic carbocycles. The minimum absolute atomic E-state index is 0.00310. The number of nitrogens with zero attached hydrogens (tertiary/aromatic N) is 1. The molecule has 0 bridgehead atoms. The molecule has 5 heteroatoms. The number of alkyl halides is 2. The summed E-state index contributed by atoms with van der Waals surface area (Å²) in [7, 11) is 1.96. The lowest BCUT2D eigenvalue weighted by Crippen LogP contribution is -2.45. The first-order valence-corrected chi connectivity index (χ1v) is 7.82. The van der Waals surface area contributed by atoms with Crippen LogP contribution in [-0.4, -0.2) is 47.7 Å². The van der Waals surface area contributed by atoms with E-state index in [9.17, 15) is 13.6 Å². The molecule has 1 saturated carbocycles. The highest BCUT2D eigenvalue weighted by Crippen LogP contribution is 2.38. The van der Waals surface area contributed by atoms with Crippen molar-refractivity contribution in [3.63, 3.8) is 0 Å². The summed E-state index contributed by atoms with van der Waals surface area (Å²) < 4.78 is 26.6. The van der Waals surface area contributed by atoms with Gasteiger partial charge in [0.25, 0.3) is 0 Å². The second kappa shape index (κ2) is 5.87. The highest BCUT2D eigenvalue weighted by Gasteiger charge is 2.38. The molecule has 1 aliphatic heterocycles. The summed E-state index contributed by atoms with van der Waals surface area (Å²) in [5.74, 6) is -0.620. The van der Waals surface area contributed by atoms with Crippen LogP contribution in [-0.2, 0) is 4.79 Å². The number of thioether (sulfide) groups is 1. The smallest absolute Gasteiger partial charge is 0.248 e. The monoisotopic (exact) mass is 277 g/mol. The molecule has 104 valence electrons. The molecule has 2 rings (SSSR count). The van der Waals surface area contributed by atoms with Gasteiger partial charge < -0.3 is 0 Å². The molecular weight excluding hydrogens is 256 g/mol. The molecule has 0 aromatic carbocycles. The van der Waals surface area contributed by atoms with Gasteiger partial charge in [-0.1, -0.05) is 0 Å². The Bertz CT molecular complexity index is 311. The van der Waals surface area contributed by atoms with Gasteiger partial charge in [-0.3, -0.25) is 9.69 Å². The van der Waals surface area contributed by atoms with Gasteiger partial charge in [-0.2, -0.15) is 11.8 Å². The molecule has 0 spiro atoms. The molecule has 2 unspecified atom stereocenters. The molecule has 0 radical (unpaired) electrons. The van der Waals surface area contributed by atoms with Crippen molar-refractivity contribution in [2.24, 2.45) is 5.92 Å². The SMILES string of the molecule is CN1CCSCC1C(=O)CC1CCCC(F)(F)C1. The summed E-state index contributed by atoms with van der Waals surface area (Å²) in [6.07, 6.45) is 1.58. The van der Waals surface area contributed by atoms with Crippen LogP contribution < -0.4 is 0 Å². The van der Waals surface area contributed by atoms with Gasteiger partial charge in [0, 0.05) is 37.3 Å². The number of rotatable bonds is 3. The number of carbonyl (C=O) groups is 1. The number of likely N-dealkylation sites (N-methyl/N-ethyl adjacent to an activating group) is 1. The molecule has 2 nitrogen and oxygen atoms in total. The molecule has 0 aromatic heterocycles. The van der Waals surface area contributed by atoms with Gasteiger partial charge in [0.15, 0.2) is 5.78 Å². The lowest BCUT2D eigenvalue weighted by molar-refractivity contribution is -0.125. The maximum Gasteiger partial charge on any atom is 0.248 e. The van der Waals surface area contributed by atoms with E-state index < -0.39 is 5.92 Å². The van der Waals surface area contributed by atoms with E-state index in [0.29, 0.717) is 12.8 Å². The largest absolute Gasteiger partial charge is 0.298 e. The van der Waals surface area contributed by atoms with Crippen LogP contribution in [0.1, 0.15) is 32.1 Å². The van der Waals surface area contributed by atoms with Crippen molar-refractivity contribution in [2.75, 3.05) is 25.1 Å². The third-order valence-corrected chi connectivity index (χ3v) is 5.02. The maximum atomic E-state index is 13.3. The van der Waals surface area contributed by atoms with Gasteiger partial charge in [0.1, 0.15) is 0 Å². The molecule has 0 aromatic rings. The molecule has 2 atom stereocenters. The Kier molecular flexibility index (Phi) is 4.64. The molecular formula is C13H21F2NOS. The first kappa shape index (κ1) is 14.3. The number of ketones is 1. The predicted molar refractivity (Wildman–Crippen MR) is 70.3 cm³/mol. The van der Waals surface area contributed by atoms with Crippen molar-refractivity contribution >= 4 is 17.5 Å². The minimum Gasteiger partial charge on any atom is -0.298 e. The van der Waals surface area contributed by atoms with Crippen molar-refractivity contribution in [3.8, 4) is 0 Å². The molecule has 2 aliphatic rings. The van der Waals surface area contributed by atoms with Gasteiger partial charge in [0.05, 0.1) is 6.04 Å². The molecule has 1 saturated heterocycles. The van der Waals surface area contributed by atoms with Crippen LogP contribution in [0.25, 0.3) is 0 Å². The fourth-order valence-electron chi connectivity index (χ4n) is 2.90. The third kappa shape index (κ3) is 3.67. The number of Topliss-reactive ketones (excluding diaryl/α,β-unsaturated/α-hetero) is 1. The summed E-state index contributed by atoms with van der Waals surface area (Å²) in [4.78, 5) is 14.3. The molecule has 0 N–H and O–H groups in total. The maximum absolute atomic E-state index is 13.3. The lowest BCUT2D eigenvalue weighted by atomic mass is 9.82. The van der Waals surface area contributed by atoms with Crippen LogP contribution in [0, 0.1) is 5.92 Å². The number of carbonyl (C=O) groups excluding carboxylic acids is 1. The molecule has 2 fully saturated rings. The Hall–Kier alpha value is -0.160. The summed E-state index contributed by atoms with van der Waals surface area (Å²) in [6.45, 7) is 0.919. The summed E-state index contributed by atoms with van der Waals surface area (Å²) in [5.41, 5.74) is 0. The zero-order valence-electron chi connectivity index (χ0n) is 10.8. The van der Waals surface area contributed by atoms with E-state index in [1.807, 2.05) is 7.05 Å². The van der Waals surface area contributed by atoms with Crippen molar-refractivity contribution in [2.45, 2.75) is 44.1 Å². The Balaban J connectivity index is 1.86. The summed E-state index contributed by atoms with van der Waals surface area (Å²) >= 11 is 1.79. The highest BCUT2D eigenvalue weighted by atomic mass is 32.2. The third-order valence-electron chi connectivity index (χ3n) is 4.00. The Morgan fingerprint density at radius 1 is 1.50 bits per heavy atom. The van der Waals surface area contributed by atoms with E-state index in [1.165, 1.54) is 0 Å². The van der Waals surface area contributed by atoms with E-state index in [4.69, 9.17) is 0 Å². The van der Waals surface area contributed by atoms with Gasteiger partial charge in [-0.05, 0) is 25.8 Å². The van der Waals surface area contributed by atoms with Crippen LogP contribution in [0.15, 0.2) is 0 Å². The van der Waals surface area contributed by atoms with E-state index >= 15 is 0 Å². The van der Waals surface area contributed by atoms with E-state index in [0.717, 1.165) is 24.5 Å². The van der Waals surface area contributed by atoms with Crippen LogP contribution in [0.5, 0.6) is 0 Å². The van der Waals surface area contributed by atoms with E-state index in [1.54, 1.807) is 11.8 Å². The van der Waals surface area contributed by atoms with E-state index in [2.05, 4.69) is 4.90 Å². The number of hydrogen-bond donors (Lipinski definition) is 0. The van der Waals surface area contributed by atoms with Gasteiger partial charge in [-0.15, -0.1) is 0 Å². The van der Waals surface area contributed by atoms with E-state index in [-0.39, 0.29) is 30.6 Å². The predicted octanol–water partition coefficient (Wildman–Crippen LogP) is 2.82. The molecule has 0 amide bonds. The average molecular weight is 277 g/mol. The first-order valence-electron chi connectivity index (χ1n) is 6.66. The molecule has 1 heterocycles. The van der Waals surface area contributed by atoms with Gasteiger partial charge in [0.2, 0.25) is 5.92 Å². The lowest BCUT2D eigenvalue weighted by Gasteiger charge is -2.33. The Labute approximate surface area is 111 Å². The number of hydrogen-bond acceptors (Lipinski definition) is 3. The van der Waals surface area contributed by atoms with Gasteiger partial charge >= 0.3 is 0 Å². The van der Waals surface area contributed by atoms with Crippen LogP contribution in [0.4, 0.5) is 8.78 Å². The van der Waals surface area contributed by atoms with Crippen LogP contribution in [0.2, 0.25) is 0 Å². The van der Waals surface area contributed by atoms with Crippen molar-refractivity contribution in [1.82, 2.24) is 4.90 Å². The quantitative estimate of drug-likeness (QED) is 0.791.